The molecule has 0 bridgehead atoms. The van der Waals surface area contributed by atoms with Gasteiger partial charge in [-0.25, -0.2) is 4.79 Å². The Morgan fingerprint density at radius 1 is 1.32 bits per heavy atom. The molecule has 0 aromatic heterocycles. The summed E-state index contributed by atoms with van der Waals surface area (Å²) < 4.78 is 5.36. The van der Waals surface area contributed by atoms with Crippen LogP contribution in [0, 0.1) is 0 Å². The molecule has 0 spiro atoms. The maximum Gasteiger partial charge on any atom is 0.325 e. The van der Waals surface area contributed by atoms with Crippen LogP contribution in [0.2, 0.25) is 10.0 Å². The van der Waals surface area contributed by atoms with Crippen molar-refractivity contribution in [2.75, 3.05) is 18.5 Å². The van der Waals surface area contributed by atoms with Gasteiger partial charge in [-0.3, -0.25) is 4.79 Å². The Bertz CT molecular complexity index is 474. The van der Waals surface area contributed by atoms with Crippen LogP contribution in [-0.4, -0.2) is 25.2 Å². The number of urea groups is 1. The van der Waals surface area contributed by atoms with Gasteiger partial charge in [-0.05, 0) is 19.1 Å². The Morgan fingerprint density at radius 3 is 2.42 bits per heavy atom. The molecular weight excluding hydrogens is 359 g/mol. The summed E-state index contributed by atoms with van der Waals surface area (Å²) in [7, 11) is 0. The smallest absolute Gasteiger partial charge is 0.325 e. The molecule has 0 aliphatic carbocycles. The highest BCUT2D eigenvalue weighted by Crippen LogP contribution is 2.33. The summed E-state index contributed by atoms with van der Waals surface area (Å²) in [6, 6.07) is 2.59. The zero-order valence-corrected chi connectivity index (χ0v) is 13.0. The van der Waals surface area contributed by atoms with E-state index in [9.17, 15) is 9.59 Å². The lowest BCUT2D eigenvalue weighted by Gasteiger charge is -2.10. The average molecular weight is 370 g/mol. The number of carbonyl (C=O) groups is 2. The third kappa shape index (κ3) is 5.26. The normalized spacial score (nSPS) is 9.89. The van der Waals surface area contributed by atoms with E-state index in [1.165, 1.54) is 0 Å². The molecule has 1 aromatic carbocycles. The van der Waals surface area contributed by atoms with E-state index in [-0.39, 0.29) is 28.9 Å². The Hall–Kier alpha value is -0.980. The van der Waals surface area contributed by atoms with E-state index in [0.717, 1.165) is 0 Å². The Morgan fingerprint density at radius 2 is 1.89 bits per heavy atom. The fourth-order valence-electron chi connectivity index (χ4n) is 1.18. The highest BCUT2D eigenvalue weighted by molar-refractivity contribution is 9.10. The first-order valence-corrected chi connectivity index (χ1v) is 6.84. The summed E-state index contributed by atoms with van der Waals surface area (Å²) in [4.78, 5) is 22.6. The summed E-state index contributed by atoms with van der Waals surface area (Å²) in [5, 5.41) is 5.36. The summed E-state index contributed by atoms with van der Waals surface area (Å²) in [5.74, 6) is -0.523. The number of hydrogen-bond donors (Lipinski definition) is 2. The van der Waals surface area contributed by atoms with Crippen LogP contribution in [0.25, 0.3) is 0 Å². The number of rotatable bonds is 4. The van der Waals surface area contributed by atoms with Crippen molar-refractivity contribution in [1.82, 2.24) is 5.32 Å². The molecule has 0 aliphatic rings. The SMILES string of the molecule is CCOC(=O)CNC(=O)Nc1c(Cl)cc(Br)cc1Cl. The minimum atomic E-state index is -0.598. The topological polar surface area (TPSA) is 67.4 Å². The number of hydrogen-bond acceptors (Lipinski definition) is 3. The molecule has 2 amide bonds. The van der Waals surface area contributed by atoms with Gasteiger partial charge in [-0.1, -0.05) is 39.1 Å². The standard InChI is InChI=1S/C11H11BrCl2N2O3/c1-2-19-9(17)5-15-11(18)16-10-7(13)3-6(12)4-8(10)14/h3-4H,2,5H2,1H3,(H2,15,16,18). The molecule has 0 aliphatic heterocycles. The van der Waals surface area contributed by atoms with Crippen molar-refractivity contribution < 1.29 is 14.3 Å². The molecule has 0 saturated carbocycles. The monoisotopic (exact) mass is 368 g/mol. The second kappa shape index (κ2) is 7.57. The minimum Gasteiger partial charge on any atom is -0.465 e. The molecule has 2 N–H and O–H groups in total. The molecule has 0 fully saturated rings. The predicted octanol–water partition coefficient (Wildman–Crippen LogP) is 3.44. The fourth-order valence-corrected chi connectivity index (χ4v) is 2.49. The van der Waals surface area contributed by atoms with Crippen LogP contribution in [0.5, 0.6) is 0 Å². The lowest BCUT2D eigenvalue weighted by Crippen LogP contribution is -2.34. The van der Waals surface area contributed by atoms with Crippen LogP contribution in [0.3, 0.4) is 0 Å². The molecule has 5 nitrogen and oxygen atoms in total. The van der Waals surface area contributed by atoms with Crippen molar-refractivity contribution in [3.8, 4) is 0 Å². The van der Waals surface area contributed by atoms with Gasteiger partial charge in [-0.15, -0.1) is 0 Å². The summed E-state index contributed by atoms with van der Waals surface area (Å²) >= 11 is 15.1. The van der Waals surface area contributed by atoms with Gasteiger partial charge in [0.1, 0.15) is 6.54 Å². The third-order valence-corrected chi connectivity index (χ3v) is 3.00. The number of benzene rings is 1. The van der Waals surface area contributed by atoms with Crippen LogP contribution < -0.4 is 10.6 Å². The van der Waals surface area contributed by atoms with Crippen molar-refractivity contribution in [2.45, 2.75) is 6.92 Å². The molecule has 1 rings (SSSR count). The second-order valence-corrected chi connectivity index (χ2v) is 5.09. The molecule has 104 valence electrons. The zero-order valence-electron chi connectivity index (χ0n) is 9.93. The van der Waals surface area contributed by atoms with E-state index in [0.29, 0.717) is 4.47 Å². The van der Waals surface area contributed by atoms with Gasteiger partial charge in [0.2, 0.25) is 0 Å². The Kier molecular flexibility index (Phi) is 6.41. The van der Waals surface area contributed by atoms with Crippen LogP contribution in [0.1, 0.15) is 6.92 Å². The van der Waals surface area contributed by atoms with E-state index >= 15 is 0 Å². The van der Waals surface area contributed by atoms with Crippen LogP contribution in [-0.2, 0) is 9.53 Å². The lowest BCUT2D eigenvalue weighted by molar-refractivity contribution is -0.141. The first-order valence-electron chi connectivity index (χ1n) is 5.29. The van der Waals surface area contributed by atoms with Crippen molar-refractivity contribution >= 4 is 56.8 Å². The number of halogens is 3. The number of amides is 2. The first kappa shape index (κ1) is 16.1. The number of anilines is 1. The average Bonchev–Trinajstić information content (AvgIpc) is 2.31. The zero-order chi connectivity index (χ0) is 14.4. The number of carbonyl (C=O) groups excluding carboxylic acids is 2. The Balaban J connectivity index is 2.60. The van der Waals surface area contributed by atoms with E-state index in [1.807, 2.05) is 0 Å². The summed E-state index contributed by atoms with van der Waals surface area (Å²) in [5.41, 5.74) is 0.271. The van der Waals surface area contributed by atoms with Crippen LogP contribution in [0.15, 0.2) is 16.6 Å². The van der Waals surface area contributed by atoms with E-state index in [4.69, 9.17) is 23.2 Å². The largest absolute Gasteiger partial charge is 0.465 e. The molecule has 0 heterocycles. The summed E-state index contributed by atoms with van der Waals surface area (Å²) in [6.45, 7) is 1.71. The quantitative estimate of drug-likeness (QED) is 0.799. The molecule has 1 aromatic rings. The molecule has 0 radical (unpaired) electrons. The van der Waals surface area contributed by atoms with Crippen molar-refractivity contribution in [2.24, 2.45) is 0 Å². The molecule has 0 unspecified atom stereocenters. The summed E-state index contributed by atoms with van der Waals surface area (Å²) in [6.07, 6.45) is 0. The van der Waals surface area contributed by atoms with E-state index < -0.39 is 12.0 Å². The van der Waals surface area contributed by atoms with Gasteiger partial charge in [0, 0.05) is 4.47 Å². The number of ether oxygens (including phenoxy) is 1. The molecule has 19 heavy (non-hydrogen) atoms. The maximum atomic E-state index is 11.6. The van der Waals surface area contributed by atoms with Gasteiger partial charge < -0.3 is 15.4 Å². The highest BCUT2D eigenvalue weighted by atomic mass is 79.9. The van der Waals surface area contributed by atoms with Crippen LogP contribution in [0.4, 0.5) is 10.5 Å². The van der Waals surface area contributed by atoms with Crippen LogP contribution >= 0.6 is 39.1 Å². The van der Waals surface area contributed by atoms with Crippen molar-refractivity contribution in [3.63, 3.8) is 0 Å². The van der Waals surface area contributed by atoms with Crippen molar-refractivity contribution in [1.29, 1.82) is 0 Å². The molecule has 0 atom stereocenters. The van der Waals surface area contributed by atoms with Gasteiger partial charge in [-0.2, -0.15) is 0 Å². The molecule has 0 saturated heterocycles. The fraction of sp³-hybridized carbons (Fsp3) is 0.273. The Labute approximate surface area is 128 Å². The van der Waals surface area contributed by atoms with E-state index in [1.54, 1.807) is 19.1 Å². The second-order valence-electron chi connectivity index (χ2n) is 3.36. The van der Waals surface area contributed by atoms with Gasteiger partial charge >= 0.3 is 12.0 Å². The first-order chi connectivity index (χ1) is 8.93. The highest BCUT2D eigenvalue weighted by Gasteiger charge is 2.12. The minimum absolute atomic E-state index is 0.231. The van der Waals surface area contributed by atoms with Crippen molar-refractivity contribution in [3.05, 3.63) is 26.7 Å². The molecule has 8 heteroatoms. The predicted molar refractivity (Wildman–Crippen MR) is 77.8 cm³/mol. The van der Waals surface area contributed by atoms with Gasteiger partial charge in [0.25, 0.3) is 0 Å². The van der Waals surface area contributed by atoms with Gasteiger partial charge in [0.15, 0.2) is 0 Å². The van der Waals surface area contributed by atoms with Gasteiger partial charge in [0.05, 0.1) is 22.3 Å². The third-order valence-electron chi connectivity index (χ3n) is 1.94. The number of esters is 1. The van der Waals surface area contributed by atoms with E-state index in [2.05, 4.69) is 31.3 Å². The molecular formula is C11H11BrCl2N2O3. The maximum absolute atomic E-state index is 11.6. The number of nitrogens with one attached hydrogen (secondary N) is 2. The lowest BCUT2D eigenvalue weighted by atomic mass is 10.3.